The first kappa shape index (κ1) is 20.9. The zero-order valence-electron chi connectivity index (χ0n) is 20.1. The van der Waals surface area contributed by atoms with Crippen LogP contribution < -0.4 is 0 Å². The Labute approximate surface area is 217 Å². The minimum absolute atomic E-state index is 0.597. The molecule has 0 bridgehead atoms. The highest BCUT2D eigenvalue weighted by atomic mass is 16.3. The van der Waals surface area contributed by atoms with Crippen LogP contribution in [0.5, 0.6) is 0 Å². The van der Waals surface area contributed by atoms with E-state index in [1.54, 1.807) is 0 Å². The van der Waals surface area contributed by atoms with E-state index in [0.29, 0.717) is 17.5 Å². The molecule has 0 unspecified atom stereocenters. The summed E-state index contributed by atoms with van der Waals surface area (Å²) in [6.07, 6.45) is 0. The fourth-order valence-corrected chi connectivity index (χ4v) is 5.07. The van der Waals surface area contributed by atoms with Crippen molar-refractivity contribution in [2.75, 3.05) is 0 Å². The Bertz CT molecular complexity index is 2070. The zero-order valence-corrected chi connectivity index (χ0v) is 20.1. The third-order valence-corrected chi connectivity index (χ3v) is 6.93. The summed E-state index contributed by atoms with van der Waals surface area (Å²) in [5.41, 5.74) is 6.06. The van der Waals surface area contributed by atoms with Crippen LogP contribution in [-0.2, 0) is 0 Å². The maximum atomic E-state index is 6.36. The van der Waals surface area contributed by atoms with Crippen LogP contribution >= 0.6 is 0 Å². The number of hydrogen-bond acceptors (Lipinski definition) is 5. The normalized spacial score (nSPS) is 11.7. The summed E-state index contributed by atoms with van der Waals surface area (Å²) >= 11 is 0. The van der Waals surface area contributed by atoms with Gasteiger partial charge in [0.05, 0.1) is 0 Å². The minimum Gasteiger partial charge on any atom is -0.456 e. The van der Waals surface area contributed by atoms with E-state index in [4.69, 9.17) is 23.8 Å². The lowest BCUT2D eigenvalue weighted by Gasteiger charge is -2.08. The second-order valence-electron chi connectivity index (χ2n) is 9.29. The number of fused-ring (bicyclic) bond motifs is 6. The molecule has 0 radical (unpaired) electrons. The van der Waals surface area contributed by atoms with E-state index in [-0.39, 0.29) is 0 Å². The quantitative estimate of drug-likeness (QED) is 0.248. The van der Waals surface area contributed by atoms with Gasteiger partial charge in [0.2, 0.25) is 0 Å². The van der Waals surface area contributed by atoms with E-state index in [1.807, 2.05) is 91.0 Å². The highest BCUT2D eigenvalue weighted by Crippen LogP contribution is 2.37. The lowest BCUT2D eigenvalue weighted by Crippen LogP contribution is -2.00. The van der Waals surface area contributed by atoms with Gasteiger partial charge in [0.25, 0.3) is 0 Å². The predicted octanol–water partition coefficient (Wildman–Crippen LogP) is 8.67. The lowest BCUT2D eigenvalue weighted by molar-refractivity contribution is 0.664. The van der Waals surface area contributed by atoms with E-state index in [2.05, 4.69) is 24.3 Å². The first-order valence-electron chi connectivity index (χ1n) is 12.4. The molecule has 5 nitrogen and oxygen atoms in total. The smallest absolute Gasteiger partial charge is 0.164 e. The molecule has 5 aromatic carbocycles. The molecule has 8 rings (SSSR count). The summed E-state index contributed by atoms with van der Waals surface area (Å²) in [7, 11) is 0. The van der Waals surface area contributed by atoms with E-state index in [9.17, 15) is 0 Å². The van der Waals surface area contributed by atoms with Gasteiger partial charge in [-0.1, -0.05) is 84.9 Å². The molecule has 0 atom stereocenters. The van der Waals surface area contributed by atoms with Gasteiger partial charge in [0.1, 0.15) is 22.3 Å². The maximum Gasteiger partial charge on any atom is 0.164 e. The first-order valence-corrected chi connectivity index (χ1v) is 12.4. The van der Waals surface area contributed by atoms with Crippen molar-refractivity contribution in [2.45, 2.75) is 0 Å². The second-order valence-corrected chi connectivity index (χ2v) is 9.29. The number of nitrogens with zero attached hydrogens (tertiary/aromatic N) is 3. The minimum atomic E-state index is 0.597. The fraction of sp³-hybridized carbons (Fsp3) is 0. The number of para-hydroxylation sites is 1. The molecule has 0 saturated carbocycles. The van der Waals surface area contributed by atoms with Gasteiger partial charge in [0.15, 0.2) is 17.5 Å². The fourth-order valence-electron chi connectivity index (χ4n) is 5.07. The second kappa shape index (κ2) is 8.11. The van der Waals surface area contributed by atoms with Crippen molar-refractivity contribution >= 4 is 43.9 Å². The first-order chi connectivity index (χ1) is 18.8. The predicted molar refractivity (Wildman–Crippen MR) is 151 cm³/mol. The molecule has 3 heterocycles. The molecule has 3 aromatic heterocycles. The molecule has 0 fully saturated rings. The van der Waals surface area contributed by atoms with Crippen molar-refractivity contribution in [2.24, 2.45) is 0 Å². The van der Waals surface area contributed by atoms with E-state index in [0.717, 1.165) is 60.6 Å². The number of furan rings is 2. The van der Waals surface area contributed by atoms with Crippen molar-refractivity contribution in [3.8, 4) is 34.2 Å². The number of rotatable bonds is 3. The number of hydrogen-bond donors (Lipinski definition) is 0. The van der Waals surface area contributed by atoms with Crippen LogP contribution in [-0.4, -0.2) is 15.0 Å². The van der Waals surface area contributed by atoms with Gasteiger partial charge in [-0.3, -0.25) is 0 Å². The van der Waals surface area contributed by atoms with Crippen molar-refractivity contribution in [1.29, 1.82) is 0 Å². The van der Waals surface area contributed by atoms with Gasteiger partial charge >= 0.3 is 0 Å². The standard InChI is InChI=1S/C33H19N3O2/c1-3-9-20(10-4-1)31-34-32(21-11-5-2-6-12-21)36-33(35-31)22-15-16-24-26-19-29-25(18-30(26)38-28(24)17-22)23-13-7-8-14-27(23)37-29/h1-19H. The SMILES string of the molecule is c1ccc(-c2nc(-c3ccccc3)nc(-c3ccc4c(c3)oc3cc5c(cc34)oc3ccccc35)n2)cc1. The Morgan fingerprint density at radius 1 is 0.342 bits per heavy atom. The Balaban J connectivity index is 1.31. The monoisotopic (exact) mass is 489 g/mol. The molecule has 0 aliphatic carbocycles. The summed E-state index contributed by atoms with van der Waals surface area (Å²) in [5.74, 6) is 1.86. The van der Waals surface area contributed by atoms with Crippen LogP contribution in [0.15, 0.2) is 124 Å². The third-order valence-electron chi connectivity index (χ3n) is 6.93. The molecule has 178 valence electrons. The molecule has 0 N–H and O–H groups in total. The third kappa shape index (κ3) is 3.29. The largest absolute Gasteiger partial charge is 0.456 e. The van der Waals surface area contributed by atoms with Gasteiger partial charge in [0, 0.05) is 38.2 Å². The molecular formula is C33H19N3O2. The lowest BCUT2D eigenvalue weighted by atomic mass is 10.1. The van der Waals surface area contributed by atoms with Crippen LogP contribution in [0, 0.1) is 0 Å². The van der Waals surface area contributed by atoms with Crippen LogP contribution in [0.1, 0.15) is 0 Å². The summed E-state index contributed by atoms with van der Waals surface area (Å²) in [4.78, 5) is 14.5. The van der Waals surface area contributed by atoms with E-state index >= 15 is 0 Å². The molecule has 38 heavy (non-hydrogen) atoms. The average Bonchev–Trinajstić information content (AvgIpc) is 3.53. The highest BCUT2D eigenvalue weighted by molar-refractivity contribution is 6.15. The maximum absolute atomic E-state index is 6.36. The zero-order chi connectivity index (χ0) is 25.1. The van der Waals surface area contributed by atoms with E-state index < -0.39 is 0 Å². The van der Waals surface area contributed by atoms with Crippen molar-refractivity contribution in [3.05, 3.63) is 115 Å². The molecule has 0 aliphatic heterocycles. The number of benzene rings is 5. The number of aromatic nitrogens is 3. The van der Waals surface area contributed by atoms with Crippen LogP contribution in [0.3, 0.4) is 0 Å². The highest BCUT2D eigenvalue weighted by Gasteiger charge is 2.16. The molecule has 5 heteroatoms. The summed E-state index contributed by atoms with van der Waals surface area (Å²) < 4.78 is 12.5. The molecule has 0 aliphatic rings. The van der Waals surface area contributed by atoms with Crippen molar-refractivity contribution < 1.29 is 8.83 Å². The molecule has 0 spiro atoms. The summed E-state index contributed by atoms with van der Waals surface area (Å²) in [6.45, 7) is 0. The Hall–Kier alpha value is -5.29. The van der Waals surface area contributed by atoms with Crippen LogP contribution in [0.25, 0.3) is 78.0 Å². The Kier molecular flexibility index (Phi) is 4.45. The Morgan fingerprint density at radius 2 is 0.816 bits per heavy atom. The van der Waals surface area contributed by atoms with Crippen molar-refractivity contribution in [3.63, 3.8) is 0 Å². The van der Waals surface area contributed by atoms with Gasteiger partial charge in [-0.2, -0.15) is 0 Å². The van der Waals surface area contributed by atoms with Crippen LogP contribution in [0.2, 0.25) is 0 Å². The van der Waals surface area contributed by atoms with Gasteiger partial charge in [-0.05, 0) is 30.3 Å². The van der Waals surface area contributed by atoms with Gasteiger partial charge in [-0.15, -0.1) is 0 Å². The van der Waals surface area contributed by atoms with Crippen molar-refractivity contribution in [1.82, 2.24) is 15.0 Å². The van der Waals surface area contributed by atoms with Gasteiger partial charge < -0.3 is 8.83 Å². The average molecular weight is 490 g/mol. The van der Waals surface area contributed by atoms with E-state index in [1.165, 1.54) is 0 Å². The summed E-state index contributed by atoms with van der Waals surface area (Å²) in [6, 6.07) is 38.3. The van der Waals surface area contributed by atoms with Gasteiger partial charge in [-0.25, -0.2) is 15.0 Å². The topological polar surface area (TPSA) is 65.0 Å². The summed E-state index contributed by atoms with van der Waals surface area (Å²) in [5, 5.41) is 4.16. The molecule has 8 aromatic rings. The molecule has 0 saturated heterocycles. The molecular weight excluding hydrogens is 470 g/mol. The Morgan fingerprint density at radius 3 is 1.45 bits per heavy atom. The van der Waals surface area contributed by atoms with Crippen LogP contribution in [0.4, 0.5) is 0 Å². The molecule has 0 amide bonds.